The first-order valence-electron chi connectivity index (χ1n) is 4.58. The standard InChI is InChI=1S/C10H7ClF3N3/c11-4-1-2-5(12)8-6(17-15)3-7(10(13)14)16-9(4)8/h1-3,10H,15H2,(H,16,17). The Kier molecular flexibility index (Phi) is 3.08. The van der Waals surface area contributed by atoms with Gasteiger partial charge in [0, 0.05) is 0 Å². The van der Waals surface area contributed by atoms with Gasteiger partial charge in [-0.15, -0.1) is 0 Å². The van der Waals surface area contributed by atoms with Crippen molar-refractivity contribution >= 4 is 28.2 Å². The molecule has 0 saturated carbocycles. The van der Waals surface area contributed by atoms with Crippen LogP contribution >= 0.6 is 11.6 Å². The van der Waals surface area contributed by atoms with E-state index < -0.39 is 17.9 Å². The SMILES string of the molecule is NNc1cc(C(F)F)nc2c(Cl)ccc(F)c12. The lowest BCUT2D eigenvalue weighted by Crippen LogP contribution is -2.09. The van der Waals surface area contributed by atoms with Gasteiger partial charge in [0.2, 0.25) is 0 Å². The Morgan fingerprint density at radius 3 is 2.65 bits per heavy atom. The van der Waals surface area contributed by atoms with E-state index in [4.69, 9.17) is 17.4 Å². The summed E-state index contributed by atoms with van der Waals surface area (Å²) in [6.45, 7) is 0. The minimum absolute atomic E-state index is 0.00981. The number of pyridine rings is 1. The maximum atomic E-state index is 13.6. The Morgan fingerprint density at radius 2 is 2.06 bits per heavy atom. The largest absolute Gasteiger partial charge is 0.323 e. The molecule has 0 aliphatic carbocycles. The molecule has 0 aliphatic heterocycles. The summed E-state index contributed by atoms with van der Waals surface area (Å²) < 4.78 is 38.7. The number of anilines is 1. The van der Waals surface area contributed by atoms with Gasteiger partial charge in [0.25, 0.3) is 6.43 Å². The van der Waals surface area contributed by atoms with Crippen molar-refractivity contribution in [3.8, 4) is 0 Å². The second-order valence-electron chi connectivity index (χ2n) is 3.29. The van der Waals surface area contributed by atoms with Crippen molar-refractivity contribution in [2.75, 3.05) is 5.43 Å². The third kappa shape index (κ3) is 2.01. The number of hydrogen-bond donors (Lipinski definition) is 2. The number of hydrogen-bond acceptors (Lipinski definition) is 3. The lowest BCUT2D eigenvalue weighted by atomic mass is 10.1. The number of fused-ring (bicyclic) bond motifs is 1. The van der Waals surface area contributed by atoms with E-state index in [-0.39, 0.29) is 21.6 Å². The van der Waals surface area contributed by atoms with Gasteiger partial charge in [-0.1, -0.05) is 11.6 Å². The molecular formula is C10H7ClF3N3. The summed E-state index contributed by atoms with van der Waals surface area (Å²) in [5.74, 6) is 4.54. The molecule has 1 aromatic heterocycles. The lowest BCUT2D eigenvalue weighted by molar-refractivity contribution is 0.146. The monoisotopic (exact) mass is 261 g/mol. The lowest BCUT2D eigenvalue weighted by Gasteiger charge is -2.10. The molecule has 1 aromatic carbocycles. The van der Waals surface area contributed by atoms with E-state index in [1.807, 2.05) is 0 Å². The van der Waals surface area contributed by atoms with Crippen LogP contribution in [0.3, 0.4) is 0 Å². The van der Waals surface area contributed by atoms with Gasteiger partial charge in [0.05, 0.1) is 21.6 Å². The van der Waals surface area contributed by atoms with Crippen LogP contribution in [-0.4, -0.2) is 4.98 Å². The highest BCUT2D eigenvalue weighted by Gasteiger charge is 2.16. The number of alkyl halides is 2. The molecule has 0 atom stereocenters. The van der Waals surface area contributed by atoms with Gasteiger partial charge >= 0.3 is 0 Å². The van der Waals surface area contributed by atoms with Crippen molar-refractivity contribution in [1.82, 2.24) is 4.98 Å². The zero-order valence-electron chi connectivity index (χ0n) is 8.35. The van der Waals surface area contributed by atoms with E-state index in [0.29, 0.717) is 0 Å². The average Bonchev–Trinajstić information content (AvgIpc) is 2.32. The number of rotatable bonds is 2. The number of halogens is 4. The Hall–Kier alpha value is -1.53. The molecule has 0 unspecified atom stereocenters. The topological polar surface area (TPSA) is 50.9 Å². The molecule has 0 radical (unpaired) electrons. The number of benzene rings is 1. The second kappa shape index (κ2) is 4.38. The van der Waals surface area contributed by atoms with Gasteiger partial charge in [-0.3, -0.25) is 5.84 Å². The van der Waals surface area contributed by atoms with Crippen LogP contribution < -0.4 is 11.3 Å². The zero-order valence-corrected chi connectivity index (χ0v) is 9.10. The molecule has 0 amide bonds. The molecule has 0 spiro atoms. The smallest absolute Gasteiger partial charge is 0.280 e. The van der Waals surface area contributed by atoms with Crippen LogP contribution in [0, 0.1) is 5.82 Å². The first-order chi connectivity index (χ1) is 8.04. The number of nitrogens with one attached hydrogen (secondary N) is 1. The summed E-state index contributed by atoms with van der Waals surface area (Å²) >= 11 is 5.79. The highest BCUT2D eigenvalue weighted by Crippen LogP contribution is 2.32. The van der Waals surface area contributed by atoms with Crippen molar-refractivity contribution in [2.24, 2.45) is 5.84 Å². The highest BCUT2D eigenvalue weighted by atomic mass is 35.5. The van der Waals surface area contributed by atoms with Crippen LogP contribution in [0.4, 0.5) is 18.9 Å². The van der Waals surface area contributed by atoms with Crippen LogP contribution in [0.1, 0.15) is 12.1 Å². The van der Waals surface area contributed by atoms with Crippen LogP contribution in [0.2, 0.25) is 5.02 Å². The van der Waals surface area contributed by atoms with Crippen LogP contribution in [0.15, 0.2) is 18.2 Å². The molecule has 0 saturated heterocycles. The molecule has 3 nitrogen and oxygen atoms in total. The van der Waals surface area contributed by atoms with E-state index in [0.717, 1.165) is 12.1 Å². The molecule has 1 heterocycles. The fourth-order valence-corrected chi connectivity index (χ4v) is 1.71. The minimum atomic E-state index is -2.79. The summed E-state index contributed by atoms with van der Waals surface area (Å²) in [4.78, 5) is 3.63. The second-order valence-corrected chi connectivity index (χ2v) is 3.70. The fourth-order valence-electron chi connectivity index (χ4n) is 1.51. The van der Waals surface area contributed by atoms with Gasteiger partial charge in [-0.2, -0.15) is 0 Å². The van der Waals surface area contributed by atoms with E-state index >= 15 is 0 Å². The third-order valence-corrected chi connectivity index (χ3v) is 2.56. The fraction of sp³-hybridized carbons (Fsp3) is 0.100. The highest BCUT2D eigenvalue weighted by molar-refractivity contribution is 6.35. The van der Waals surface area contributed by atoms with Gasteiger partial charge in [0.1, 0.15) is 11.5 Å². The quantitative estimate of drug-likeness (QED) is 0.644. The minimum Gasteiger partial charge on any atom is -0.323 e. The van der Waals surface area contributed by atoms with Gasteiger partial charge < -0.3 is 5.43 Å². The first kappa shape index (κ1) is 11.9. The molecule has 2 aromatic rings. The predicted octanol–water partition coefficient (Wildman–Crippen LogP) is 3.25. The van der Waals surface area contributed by atoms with Crippen molar-refractivity contribution in [3.63, 3.8) is 0 Å². The van der Waals surface area contributed by atoms with Gasteiger partial charge in [-0.05, 0) is 18.2 Å². The van der Waals surface area contributed by atoms with Crippen molar-refractivity contribution in [2.45, 2.75) is 6.43 Å². The average molecular weight is 262 g/mol. The molecule has 0 aliphatic rings. The molecular weight excluding hydrogens is 255 g/mol. The molecule has 90 valence electrons. The van der Waals surface area contributed by atoms with Gasteiger partial charge in [0.15, 0.2) is 0 Å². The third-order valence-electron chi connectivity index (χ3n) is 2.26. The molecule has 0 bridgehead atoms. The number of nitrogen functional groups attached to an aromatic ring is 1. The Labute approximate surface area is 99.4 Å². The predicted molar refractivity (Wildman–Crippen MR) is 59.5 cm³/mol. The summed E-state index contributed by atoms with van der Waals surface area (Å²) in [6, 6.07) is 3.36. The van der Waals surface area contributed by atoms with E-state index in [9.17, 15) is 13.2 Å². The molecule has 7 heteroatoms. The Morgan fingerprint density at radius 1 is 1.35 bits per heavy atom. The number of hydrazine groups is 1. The number of nitrogens with zero attached hydrogens (tertiary/aromatic N) is 1. The zero-order chi connectivity index (χ0) is 12.6. The Balaban J connectivity index is 2.87. The summed E-state index contributed by atoms with van der Waals surface area (Å²) in [5, 5.41) is 0.0739. The normalized spacial score (nSPS) is 11.2. The summed E-state index contributed by atoms with van der Waals surface area (Å²) in [5.41, 5.74) is 1.62. The van der Waals surface area contributed by atoms with Crippen LogP contribution in [0.25, 0.3) is 10.9 Å². The number of nitrogens with two attached hydrogens (primary N) is 1. The molecule has 0 fully saturated rings. The van der Waals surface area contributed by atoms with Crippen molar-refractivity contribution < 1.29 is 13.2 Å². The van der Waals surface area contributed by atoms with Crippen molar-refractivity contribution in [1.29, 1.82) is 0 Å². The summed E-state index contributed by atoms with van der Waals surface area (Å²) in [6.07, 6.45) is -2.79. The maximum absolute atomic E-state index is 13.6. The molecule has 17 heavy (non-hydrogen) atoms. The number of aromatic nitrogens is 1. The van der Waals surface area contributed by atoms with Crippen LogP contribution in [0.5, 0.6) is 0 Å². The van der Waals surface area contributed by atoms with E-state index in [1.165, 1.54) is 6.07 Å². The van der Waals surface area contributed by atoms with E-state index in [1.54, 1.807) is 0 Å². The first-order valence-corrected chi connectivity index (χ1v) is 4.95. The summed E-state index contributed by atoms with van der Waals surface area (Å²) in [7, 11) is 0. The molecule has 2 rings (SSSR count). The maximum Gasteiger partial charge on any atom is 0.280 e. The van der Waals surface area contributed by atoms with Crippen LogP contribution in [-0.2, 0) is 0 Å². The van der Waals surface area contributed by atoms with Crippen molar-refractivity contribution in [3.05, 3.63) is 34.7 Å². The van der Waals surface area contributed by atoms with Gasteiger partial charge in [-0.25, -0.2) is 18.2 Å². The molecule has 3 N–H and O–H groups in total. The Bertz CT molecular complexity index is 574. The van der Waals surface area contributed by atoms with E-state index in [2.05, 4.69) is 10.4 Å².